The molecule has 2 aliphatic heterocycles. The number of amides is 1. The monoisotopic (exact) mass is 435 g/mol. The molecular weight excluding hydrogens is 398 g/mol. The van der Waals surface area contributed by atoms with Gasteiger partial charge in [0, 0.05) is 42.6 Å². The second-order valence-electron chi connectivity index (χ2n) is 10.9. The largest absolute Gasteiger partial charge is 0.496 e. The van der Waals surface area contributed by atoms with Crippen LogP contribution >= 0.6 is 0 Å². The van der Waals surface area contributed by atoms with Crippen molar-refractivity contribution in [2.75, 3.05) is 20.2 Å². The predicted octanol–water partition coefficient (Wildman–Crippen LogP) is 5.01. The van der Waals surface area contributed by atoms with E-state index in [0.29, 0.717) is 12.1 Å². The van der Waals surface area contributed by atoms with Crippen LogP contribution in [-0.4, -0.2) is 41.6 Å². The number of carbonyl (C=O) groups excluding carboxylic acids is 1. The third-order valence-electron chi connectivity index (χ3n) is 7.98. The summed E-state index contributed by atoms with van der Waals surface area (Å²) in [5.74, 6) is 0.910. The second-order valence-corrected chi connectivity index (χ2v) is 10.9. The smallest absolute Gasteiger partial charge is 0.253 e. The third-order valence-corrected chi connectivity index (χ3v) is 7.98. The fraction of sp³-hybridized carbons (Fsp3) is 0.593. The van der Waals surface area contributed by atoms with Gasteiger partial charge in [-0.2, -0.15) is 0 Å². The van der Waals surface area contributed by atoms with Crippen molar-refractivity contribution in [3.63, 3.8) is 0 Å². The number of likely N-dealkylation sites (tertiary alicyclic amines) is 1. The van der Waals surface area contributed by atoms with Gasteiger partial charge in [0.2, 0.25) is 0 Å². The van der Waals surface area contributed by atoms with E-state index in [4.69, 9.17) is 4.74 Å². The van der Waals surface area contributed by atoms with Crippen LogP contribution in [0.15, 0.2) is 36.5 Å². The number of methoxy groups -OCH3 is 1. The van der Waals surface area contributed by atoms with Crippen LogP contribution in [0, 0.1) is 0 Å². The van der Waals surface area contributed by atoms with Gasteiger partial charge < -0.3 is 19.5 Å². The number of hydrogen-bond donors (Lipinski definition) is 1. The van der Waals surface area contributed by atoms with Crippen LogP contribution < -0.4 is 10.1 Å². The van der Waals surface area contributed by atoms with Gasteiger partial charge in [-0.25, -0.2) is 0 Å². The molecule has 1 amide bonds. The van der Waals surface area contributed by atoms with E-state index in [1.807, 2.05) is 17.0 Å². The topological polar surface area (TPSA) is 46.5 Å². The molecule has 3 aliphatic rings. The Kier molecular flexibility index (Phi) is 5.36. The fourth-order valence-electron chi connectivity index (χ4n) is 6.25. The molecule has 1 saturated heterocycles. The van der Waals surface area contributed by atoms with Gasteiger partial charge in [-0.15, -0.1) is 0 Å². The summed E-state index contributed by atoms with van der Waals surface area (Å²) in [5.41, 5.74) is 3.24. The van der Waals surface area contributed by atoms with Gasteiger partial charge in [0.05, 0.1) is 12.6 Å². The molecule has 172 valence electrons. The van der Waals surface area contributed by atoms with Crippen molar-refractivity contribution in [2.24, 2.45) is 0 Å². The van der Waals surface area contributed by atoms with Crippen LogP contribution in [0.3, 0.4) is 0 Å². The molecule has 2 aromatic rings. The Morgan fingerprint density at radius 1 is 1.12 bits per heavy atom. The van der Waals surface area contributed by atoms with Crippen molar-refractivity contribution in [3.8, 4) is 5.75 Å². The van der Waals surface area contributed by atoms with Gasteiger partial charge in [0.1, 0.15) is 5.75 Å². The number of rotatable bonds is 2. The van der Waals surface area contributed by atoms with Crippen molar-refractivity contribution in [1.82, 2.24) is 14.8 Å². The minimum absolute atomic E-state index is 0.00737. The number of aromatic nitrogens is 1. The number of nitrogens with zero attached hydrogens (tertiary/aromatic N) is 2. The van der Waals surface area contributed by atoms with Crippen LogP contribution in [0.2, 0.25) is 0 Å². The Labute approximate surface area is 192 Å². The van der Waals surface area contributed by atoms with Crippen molar-refractivity contribution in [3.05, 3.63) is 53.3 Å². The molecule has 2 fully saturated rings. The van der Waals surface area contributed by atoms with Crippen LogP contribution in [0.25, 0.3) is 0 Å². The number of piperidine rings is 1. The summed E-state index contributed by atoms with van der Waals surface area (Å²) in [5, 5.41) is 4.08. The quantitative estimate of drug-likeness (QED) is 0.721. The third kappa shape index (κ3) is 3.55. The maximum absolute atomic E-state index is 13.4. The van der Waals surface area contributed by atoms with Crippen molar-refractivity contribution in [2.45, 2.75) is 82.3 Å². The first-order chi connectivity index (χ1) is 15.3. The molecule has 1 aromatic heterocycles. The van der Waals surface area contributed by atoms with E-state index >= 15 is 0 Å². The SMILES string of the molecule is COc1cc(C(=O)N2CCC3(CC2)N[C@H]2CCCC[C@H]2n2cccc23)ccc1C(C)(C)C. The molecule has 2 atom stereocenters. The summed E-state index contributed by atoms with van der Waals surface area (Å²) >= 11 is 0. The van der Waals surface area contributed by atoms with Gasteiger partial charge >= 0.3 is 0 Å². The van der Waals surface area contributed by atoms with Crippen molar-refractivity contribution < 1.29 is 9.53 Å². The molecule has 0 unspecified atom stereocenters. The lowest BCUT2D eigenvalue weighted by atomic mass is 9.77. The molecule has 5 rings (SSSR count). The number of carbonyl (C=O) groups is 1. The Morgan fingerprint density at radius 2 is 1.88 bits per heavy atom. The molecule has 3 heterocycles. The highest BCUT2D eigenvalue weighted by molar-refractivity contribution is 5.95. The Hall–Kier alpha value is -2.27. The van der Waals surface area contributed by atoms with Crippen molar-refractivity contribution >= 4 is 5.91 Å². The summed E-state index contributed by atoms with van der Waals surface area (Å²) in [4.78, 5) is 15.4. The molecule has 0 bridgehead atoms. The van der Waals surface area contributed by atoms with E-state index in [2.05, 4.69) is 55.1 Å². The second kappa shape index (κ2) is 7.95. The first kappa shape index (κ1) is 21.6. The number of nitrogens with one attached hydrogen (secondary N) is 1. The normalized spacial score (nSPS) is 24.7. The van der Waals surface area contributed by atoms with Gasteiger partial charge in [0.25, 0.3) is 5.91 Å². The highest BCUT2D eigenvalue weighted by Crippen LogP contribution is 2.44. The molecule has 1 aliphatic carbocycles. The van der Waals surface area contributed by atoms with Gasteiger partial charge in [-0.05, 0) is 60.9 Å². The predicted molar refractivity (Wildman–Crippen MR) is 127 cm³/mol. The van der Waals surface area contributed by atoms with Crippen LogP contribution in [0.1, 0.15) is 87.0 Å². The van der Waals surface area contributed by atoms with E-state index in [1.165, 1.54) is 31.4 Å². The fourth-order valence-corrected chi connectivity index (χ4v) is 6.25. The van der Waals surface area contributed by atoms with E-state index in [1.54, 1.807) is 7.11 Å². The van der Waals surface area contributed by atoms with Gasteiger partial charge in [-0.3, -0.25) is 4.79 Å². The highest BCUT2D eigenvalue weighted by Gasteiger charge is 2.46. The number of hydrogen-bond acceptors (Lipinski definition) is 3. The molecule has 0 radical (unpaired) electrons. The molecule has 1 spiro atoms. The standard InChI is InChI=1S/C27H37N3O2/c1-26(2,3)20-12-11-19(18-23(20)32-4)25(31)29-16-13-27(14-17-29)24-10-7-15-30(24)22-9-6-5-8-21(22)28-27/h7,10-12,15,18,21-22,28H,5-6,8-9,13-14,16-17H2,1-4H3/t21-,22+/m0/s1. The van der Waals surface area contributed by atoms with Gasteiger partial charge in [0.15, 0.2) is 0 Å². The number of benzene rings is 1. The lowest BCUT2D eigenvalue weighted by Crippen LogP contribution is -2.61. The van der Waals surface area contributed by atoms with Crippen LogP contribution in [0.5, 0.6) is 5.75 Å². The molecule has 32 heavy (non-hydrogen) atoms. The molecule has 5 nitrogen and oxygen atoms in total. The van der Waals surface area contributed by atoms with E-state index in [0.717, 1.165) is 42.8 Å². The van der Waals surface area contributed by atoms with Crippen LogP contribution in [0.4, 0.5) is 0 Å². The number of ether oxygens (including phenoxy) is 1. The number of fused-ring (bicyclic) bond motifs is 4. The lowest BCUT2D eigenvalue weighted by molar-refractivity contribution is 0.0512. The van der Waals surface area contributed by atoms with Crippen LogP contribution in [-0.2, 0) is 11.0 Å². The minimum Gasteiger partial charge on any atom is -0.496 e. The zero-order valence-corrected chi connectivity index (χ0v) is 20.0. The Bertz CT molecular complexity index is 995. The maximum atomic E-state index is 13.4. The Balaban J connectivity index is 1.34. The van der Waals surface area contributed by atoms with E-state index in [9.17, 15) is 4.79 Å². The molecular formula is C27H37N3O2. The highest BCUT2D eigenvalue weighted by atomic mass is 16.5. The first-order valence-corrected chi connectivity index (χ1v) is 12.3. The summed E-state index contributed by atoms with van der Waals surface area (Å²) in [6, 6.07) is 11.6. The summed E-state index contributed by atoms with van der Waals surface area (Å²) in [6.45, 7) is 8.05. The maximum Gasteiger partial charge on any atom is 0.253 e. The van der Waals surface area contributed by atoms with Gasteiger partial charge in [-0.1, -0.05) is 39.7 Å². The first-order valence-electron chi connectivity index (χ1n) is 12.3. The summed E-state index contributed by atoms with van der Waals surface area (Å²) < 4.78 is 8.19. The lowest BCUT2D eigenvalue weighted by Gasteiger charge is -2.52. The van der Waals surface area contributed by atoms with Crippen molar-refractivity contribution in [1.29, 1.82) is 0 Å². The zero-order valence-electron chi connectivity index (χ0n) is 20.0. The summed E-state index contributed by atoms with van der Waals surface area (Å²) in [7, 11) is 1.69. The Morgan fingerprint density at radius 3 is 2.59 bits per heavy atom. The molecule has 1 N–H and O–H groups in total. The minimum atomic E-state index is -0.0248. The zero-order chi connectivity index (χ0) is 22.5. The van der Waals surface area contributed by atoms with E-state index in [-0.39, 0.29) is 16.9 Å². The molecule has 1 aromatic carbocycles. The van der Waals surface area contributed by atoms with E-state index < -0.39 is 0 Å². The average molecular weight is 436 g/mol. The average Bonchev–Trinajstić information content (AvgIpc) is 3.30. The molecule has 1 saturated carbocycles. The summed E-state index contributed by atoms with van der Waals surface area (Å²) in [6.07, 6.45) is 9.37. The molecule has 5 heteroatoms.